The molecule has 136 valence electrons. The lowest BCUT2D eigenvalue weighted by molar-refractivity contribution is -0.139. The van der Waals surface area contributed by atoms with Crippen LogP contribution in [0.2, 0.25) is 0 Å². The maximum absolute atomic E-state index is 13.0. The highest BCUT2D eigenvalue weighted by atomic mass is 32.1. The van der Waals surface area contributed by atoms with Crippen LogP contribution < -0.4 is 5.32 Å². The predicted molar refractivity (Wildman–Crippen MR) is 89.7 cm³/mol. The molecule has 25 heavy (non-hydrogen) atoms. The first-order valence-electron chi connectivity index (χ1n) is 7.71. The van der Waals surface area contributed by atoms with Crippen molar-refractivity contribution in [3.8, 4) is 0 Å². The van der Waals surface area contributed by atoms with Crippen LogP contribution >= 0.6 is 11.3 Å². The van der Waals surface area contributed by atoms with E-state index in [1.54, 1.807) is 6.92 Å². The molecule has 0 saturated heterocycles. The molecule has 2 N–H and O–H groups in total. The van der Waals surface area contributed by atoms with E-state index >= 15 is 0 Å². The van der Waals surface area contributed by atoms with Crippen molar-refractivity contribution in [1.82, 2.24) is 10.3 Å². The number of amides is 1. The molecule has 1 aromatic carbocycles. The largest absolute Gasteiger partial charge is 0.416 e. The fourth-order valence-electron chi connectivity index (χ4n) is 2.30. The molecule has 0 fully saturated rings. The number of aliphatic hydroxyl groups excluding tert-OH is 1. The van der Waals surface area contributed by atoms with Crippen LogP contribution in [-0.4, -0.2) is 22.5 Å². The molecular formula is C17H19F3N2O2S. The molecule has 1 heterocycles. The number of aromatic nitrogens is 1. The lowest BCUT2D eigenvalue weighted by Gasteiger charge is -2.17. The van der Waals surface area contributed by atoms with Gasteiger partial charge in [0.15, 0.2) is 0 Å². The van der Waals surface area contributed by atoms with E-state index in [9.17, 15) is 23.1 Å². The van der Waals surface area contributed by atoms with Crippen LogP contribution in [-0.2, 0) is 6.18 Å². The van der Waals surface area contributed by atoms with Crippen molar-refractivity contribution < 1.29 is 23.1 Å². The zero-order valence-electron chi connectivity index (χ0n) is 14.0. The third-order valence-corrected chi connectivity index (χ3v) is 5.05. The van der Waals surface area contributed by atoms with Gasteiger partial charge >= 0.3 is 6.18 Å². The number of nitrogens with zero attached hydrogens (tertiary/aromatic N) is 1. The molecule has 1 amide bonds. The lowest BCUT2D eigenvalue weighted by atomic mass is 10.0. The molecule has 4 nitrogen and oxygen atoms in total. The van der Waals surface area contributed by atoms with Gasteiger partial charge in [0.25, 0.3) is 5.91 Å². The summed E-state index contributed by atoms with van der Waals surface area (Å²) < 4.78 is 39.0. The van der Waals surface area contributed by atoms with E-state index in [1.807, 2.05) is 13.8 Å². The molecule has 1 atom stereocenters. The molecular weight excluding hydrogens is 353 g/mol. The van der Waals surface area contributed by atoms with Gasteiger partial charge in [0.05, 0.1) is 22.4 Å². The average Bonchev–Trinajstić information content (AvgIpc) is 2.93. The summed E-state index contributed by atoms with van der Waals surface area (Å²) in [6.07, 6.45) is -6.03. The van der Waals surface area contributed by atoms with Gasteiger partial charge in [-0.15, -0.1) is 11.3 Å². The summed E-state index contributed by atoms with van der Waals surface area (Å²) in [6, 6.07) is 4.78. The minimum absolute atomic E-state index is 0.175. The Balaban J connectivity index is 2.10. The highest BCUT2D eigenvalue weighted by molar-refractivity contribution is 7.13. The fraction of sp³-hybridized carbons (Fsp3) is 0.412. The molecule has 0 radical (unpaired) electrons. The van der Waals surface area contributed by atoms with Gasteiger partial charge in [0.1, 0.15) is 4.88 Å². The van der Waals surface area contributed by atoms with E-state index in [1.165, 1.54) is 29.5 Å². The Labute approximate surface area is 147 Å². The summed E-state index contributed by atoms with van der Waals surface area (Å²) in [4.78, 5) is 17.0. The van der Waals surface area contributed by atoms with E-state index < -0.39 is 23.8 Å². The van der Waals surface area contributed by atoms with Crippen LogP contribution in [0, 0.1) is 6.92 Å². The average molecular weight is 372 g/mol. The van der Waals surface area contributed by atoms with E-state index in [0.29, 0.717) is 10.6 Å². The molecule has 0 spiro atoms. The predicted octanol–water partition coefficient (Wildman–Crippen LogP) is 4.06. The number of nitrogens with one attached hydrogen (secondary N) is 1. The molecule has 2 rings (SSSR count). The monoisotopic (exact) mass is 372 g/mol. The van der Waals surface area contributed by atoms with Crippen LogP contribution in [0.3, 0.4) is 0 Å². The summed E-state index contributed by atoms with van der Waals surface area (Å²) in [7, 11) is 0. The van der Waals surface area contributed by atoms with Crippen molar-refractivity contribution in [2.75, 3.05) is 6.54 Å². The van der Waals surface area contributed by atoms with E-state index in [4.69, 9.17) is 0 Å². The quantitative estimate of drug-likeness (QED) is 0.832. The Morgan fingerprint density at radius 2 is 1.96 bits per heavy atom. The Morgan fingerprint density at radius 1 is 1.32 bits per heavy atom. The van der Waals surface area contributed by atoms with Gasteiger partial charge in [-0.05, 0) is 18.6 Å². The lowest BCUT2D eigenvalue weighted by Crippen LogP contribution is -2.29. The Kier molecular flexibility index (Phi) is 5.84. The standard InChI is InChI=1S/C17H19F3N2O2S/c1-9(2)16-22-10(3)14(25-16)15(24)21-8-13(23)11-6-4-5-7-12(11)17(18,19)20/h4-7,9,13,23H,8H2,1-3H3,(H,21,24). The van der Waals surface area contributed by atoms with Crippen molar-refractivity contribution in [3.63, 3.8) is 0 Å². The Morgan fingerprint density at radius 3 is 2.52 bits per heavy atom. The van der Waals surface area contributed by atoms with Gasteiger partial charge in [0.2, 0.25) is 0 Å². The number of hydrogen-bond donors (Lipinski definition) is 2. The van der Waals surface area contributed by atoms with Crippen molar-refractivity contribution >= 4 is 17.2 Å². The first-order valence-corrected chi connectivity index (χ1v) is 8.52. The zero-order valence-corrected chi connectivity index (χ0v) is 14.8. The second kappa shape index (κ2) is 7.53. The van der Waals surface area contributed by atoms with Gasteiger partial charge < -0.3 is 10.4 Å². The maximum Gasteiger partial charge on any atom is 0.416 e. The molecule has 0 aliphatic carbocycles. The highest BCUT2D eigenvalue weighted by Gasteiger charge is 2.34. The van der Waals surface area contributed by atoms with Crippen molar-refractivity contribution in [3.05, 3.63) is 51.0 Å². The summed E-state index contributed by atoms with van der Waals surface area (Å²) >= 11 is 1.25. The van der Waals surface area contributed by atoms with Crippen molar-refractivity contribution in [1.29, 1.82) is 0 Å². The number of rotatable bonds is 5. The number of thiazole rings is 1. The SMILES string of the molecule is Cc1nc(C(C)C)sc1C(=O)NCC(O)c1ccccc1C(F)(F)F. The minimum Gasteiger partial charge on any atom is -0.387 e. The molecule has 0 bridgehead atoms. The molecule has 0 aliphatic heterocycles. The van der Waals surface area contributed by atoms with Crippen molar-refractivity contribution in [2.45, 2.75) is 39.0 Å². The van der Waals surface area contributed by atoms with Gasteiger partial charge in [-0.1, -0.05) is 32.0 Å². The summed E-state index contributed by atoms with van der Waals surface area (Å²) in [5.41, 5.74) is -0.608. The van der Waals surface area contributed by atoms with E-state index in [0.717, 1.165) is 11.1 Å². The third kappa shape index (κ3) is 4.58. The molecule has 1 aromatic heterocycles. The van der Waals surface area contributed by atoms with Gasteiger partial charge in [-0.25, -0.2) is 4.98 Å². The van der Waals surface area contributed by atoms with E-state index in [-0.39, 0.29) is 18.0 Å². The first kappa shape index (κ1) is 19.4. The molecule has 0 saturated carbocycles. The molecule has 1 unspecified atom stereocenters. The van der Waals surface area contributed by atoms with Crippen LogP contribution in [0.4, 0.5) is 13.2 Å². The second-order valence-electron chi connectivity index (χ2n) is 5.93. The summed E-state index contributed by atoms with van der Waals surface area (Å²) in [6.45, 7) is 5.29. The van der Waals surface area contributed by atoms with Gasteiger partial charge in [0, 0.05) is 12.5 Å². The molecule has 0 aliphatic rings. The van der Waals surface area contributed by atoms with Crippen LogP contribution in [0.1, 0.15) is 57.4 Å². The zero-order chi connectivity index (χ0) is 18.8. The van der Waals surface area contributed by atoms with Crippen LogP contribution in [0.25, 0.3) is 0 Å². The Bertz CT molecular complexity index is 757. The maximum atomic E-state index is 13.0. The highest BCUT2D eigenvalue weighted by Crippen LogP contribution is 2.34. The number of aryl methyl sites for hydroxylation is 1. The number of aliphatic hydroxyl groups is 1. The smallest absolute Gasteiger partial charge is 0.387 e. The number of carbonyl (C=O) groups is 1. The third-order valence-electron chi connectivity index (χ3n) is 3.59. The fourth-order valence-corrected chi connectivity index (χ4v) is 3.29. The van der Waals surface area contributed by atoms with Gasteiger partial charge in [-0.2, -0.15) is 13.2 Å². The van der Waals surface area contributed by atoms with Gasteiger partial charge in [-0.3, -0.25) is 4.79 Å². The summed E-state index contributed by atoms with van der Waals surface area (Å²) in [5, 5.41) is 13.4. The number of halogens is 3. The minimum atomic E-state index is -4.57. The van der Waals surface area contributed by atoms with Crippen LogP contribution in [0.5, 0.6) is 0 Å². The number of alkyl halides is 3. The number of hydrogen-bond acceptors (Lipinski definition) is 4. The topological polar surface area (TPSA) is 62.2 Å². The van der Waals surface area contributed by atoms with Crippen molar-refractivity contribution in [2.24, 2.45) is 0 Å². The first-order chi connectivity index (χ1) is 11.6. The number of carbonyl (C=O) groups excluding carboxylic acids is 1. The number of benzene rings is 1. The molecule has 8 heteroatoms. The Hall–Kier alpha value is -1.93. The molecule has 2 aromatic rings. The summed E-state index contributed by atoms with van der Waals surface area (Å²) in [5.74, 6) is -0.278. The second-order valence-corrected chi connectivity index (χ2v) is 6.96. The van der Waals surface area contributed by atoms with E-state index in [2.05, 4.69) is 10.3 Å². The normalized spacial score (nSPS) is 13.1. The van der Waals surface area contributed by atoms with Crippen LogP contribution in [0.15, 0.2) is 24.3 Å².